The Bertz CT molecular complexity index is 694. The number of terminal acetylenes is 1. The second-order valence-corrected chi connectivity index (χ2v) is 3.77. The van der Waals surface area contributed by atoms with Crippen LogP contribution in [0, 0.1) is 12.3 Å². The van der Waals surface area contributed by atoms with Gasteiger partial charge in [-0.1, -0.05) is 18.1 Å². The van der Waals surface area contributed by atoms with E-state index in [1.54, 1.807) is 24.3 Å². The summed E-state index contributed by atoms with van der Waals surface area (Å²) in [6.07, 6.45) is 6.12. The molecule has 1 heterocycles. The first-order chi connectivity index (χ1) is 8.63. The predicted octanol–water partition coefficient (Wildman–Crippen LogP) is 1.77. The number of carbonyl (C=O) groups excluding carboxylic acids is 1. The van der Waals surface area contributed by atoms with Crippen molar-refractivity contribution in [1.29, 1.82) is 0 Å². The van der Waals surface area contributed by atoms with E-state index in [1.807, 2.05) is 0 Å². The highest BCUT2D eigenvalue weighted by atomic mass is 16.5. The van der Waals surface area contributed by atoms with Crippen LogP contribution in [0.15, 0.2) is 35.3 Å². The van der Waals surface area contributed by atoms with E-state index in [0.29, 0.717) is 16.3 Å². The number of hydrogen-bond acceptors (Lipinski definition) is 3. The summed E-state index contributed by atoms with van der Waals surface area (Å²) < 4.78 is 5.05. The lowest BCUT2D eigenvalue weighted by atomic mass is 10.0. The monoisotopic (exact) mass is 241 g/mol. The van der Waals surface area contributed by atoms with Crippen molar-refractivity contribution in [2.24, 2.45) is 0 Å². The molecule has 0 amide bonds. The van der Waals surface area contributed by atoms with E-state index in [4.69, 9.17) is 11.2 Å². The van der Waals surface area contributed by atoms with Crippen molar-refractivity contribution in [1.82, 2.24) is 4.98 Å². The van der Waals surface area contributed by atoms with Gasteiger partial charge >= 0.3 is 5.97 Å². The number of esters is 1. The van der Waals surface area contributed by atoms with Crippen LogP contribution in [0.4, 0.5) is 0 Å². The minimum absolute atomic E-state index is 0.201. The summed E-state index contributed by atoms with van der Waals surface area (Å²) in [7, 11) is 0. The highest BCUT2D eigenvalue weighted by Crippen LogP contribution is 2.24. The lowest BCUT2D eigenvalue weighted by Crippen LogP contribution is -2.10. The number of benzene rings is 1. The Morgan fingerprint density at radius 1 is 1.39 bits per heavy atom. The Morgan fingerprint density at radius 3 is 2.83 bits per heavy atom. The first-order valence-corrected chi connectivity index (χ1v) is 5.37. The summed E-state index contributed by atoms with van der Waals surface area (Å²) in [6.45, 7) is 1.29. The normalized spacial score (nSPS) is 11.8. The molecule has 0 saturated carbocycles. The number of ether oxygens (including phenoxy) is 1. The number of nitrogens with one attached hydrogen (secondary N) is 1. The highest BCUT2D eigenvalue weighted by Gasteiger charge is 2.15. The molecule has 90 valence electrons. The van der Waals surface area contributed by atoms with Gasteiger partial charge in [0.05, 0.1) is 0 Å². The van der Waals surface area contributed by atoms with Crippen LogP contribution in [0.25, 0.3) is 10.8 Å². The van der Waals surface area contributed by atoms with Gasteiger partial charge < -0.3 is 9.72 Å². The Morgan fingerprint density at radius 2 is 2.17 bits per heavy atom. The standard InChI is InChI=1S/C14H11NO3/c1-3-13(18-9(2)16)11-5-4-6-12-10(11)7-8-15-14(12)17/h1,4-8,13H,2H3,(H,15,17). The highest BCUT2D eigenvalue weighted by molar-refractivity contribution is 5.85. The molecule has 0 radical (unpaired) electrons. The second-order valence-electron chi connectivity index (χ2n) is 3.77. The lowest BCUT2D eigenvalue weighted by Gasteiger charge is -2.13. The van der Waals surface area contributed by atoms with Gasteiger partial charge in [0.25, 0.3) is 5.56 Å². The zero-order valence-electron chi connectivity index (χ0n) is 9.77. The average Bonchev–Trinajstić information content (AvgIpc) is 2.36. The summed E-state index contributed by atoms with van der Waals surface area (Å²) in [4.78, 5) is 25.2. The number of carbonyl (C=O) groups is 1. The lowest BCUT2D eigenvalue weighted by molar-refractivity contribution is -0.143. The fraction of sp³-hybridized carbons (Fsp3) is 0.143. The molecule has 1 aromatic carbocycles. The quantitative estimate of drug-likeness (QED) is 0.644. The molecule has 1 unspecified atom stereocenters. The minimum Gasteiger partial charge on any atom is -0.444 e. The molecule has 0 aliphatic rings. The van der Waals surface area contributed by atoms with Crippen molar-refractivity contribution >= 4 is 16.7 Å². The van der Waals surface area contributed by atoms with Crippen LogP contribution in [0.3, 0.4) is 0 Å². The maximum Gasteiger partial charge on any atom is 0.304 e. The summed E-state index contributed by atoms with van der Waals surface area (Å²) in [6, 6.07) is 6.88. The number of aromatic amines is 1. The van der Waals surface area contributed by atoms with E-state index in [-0.39, 0.29) is 5.56 Å². The largest absolute Gasteiger partial charge is 0.444 e. The molecule has 0 aliphatic carbocycles. The number of fused-ring (bicyclic) bond motifs is 1. The molecule has 2 rings (SSSR count). The fourth-order valence-corrected chi connectivity index (χ4v) is 1.83. The topological polar surface area (TPSA) is 59.2 Å². The Labute approximate surface area is 104 Å². The summed E-state index contributed by atoms with van der Waals surface area (Å²) in [5.74, 6) is 1.95. The Balaban J connectivity index is 2.64. The molecule has 4 heteroatoms. The van der Waals surface area contributed by atoms with Crippen molar-refractivity contribution in [2.75, 3.05) is 0 Å². The maximum absolute atomic E-state index is 11.6. The molecule has 0 fully saturated rings. The van der Waals surface area contributed by atoms with Crippen molar-refractivity contribution < 1.29 is 9.53 Å². The molecule has 0 bridgehead atoms. The maximum atomic E-state index is 11.6. The zero-order valence-corrected chi connectivity index (χ0v) is 9.77. The van der Waals surface area contributed by atoms with Crippen molar-refractivity contribution in [3.8, 4) is 12.3 Å². The first kappa shape index (κ1) is 11.9. The van der Waals surface area contributed by atoms with Gasteiger partial charge in [0.1, 0.15) is 0 Å². The van der Waals surface area contributed by atoms with Crippen LogP contribution >= 0.6 is 0 Å². The summed E-state index contributed by atoms with van der Waals surface area (Å²) in [5, 5.41) is 1.20. The molecular weight excluding hydrogens is 230 g/mol. The molecule has 0 aliphatic heterocycles. The van der Waals surface area contributed by atoms with Crippen LogP contribution in [-0.2, 0) is 9.53 Å². The average molecular weight is 241 g/mol. The van der Waals surface area contributed by atoms with E-state index in [1.165, 1.54) is 13.1 Å². The van der Waals surface area contributed by atoms with Crippen LogP contribution in [-0.4, -0.2) is 11.0 Å². The van der Waals surface area contributed by atoms with Gasteiger partial charge in [0.15, 0.2) is 6.10 Å². The molecule has 4 nitrogen and oxygen atoms in total. The number of H-pyrrole nitrogens is 1. The number of hydrogen-bond donors (Lipinski definition) is 1. The van der Waals surface area contributed by atoms with E-state index >= 15 is 0 Å². The molecular formula is C14H11NO3. The molecule has 1 atom stereocenters. The predicted molar refractivity (Wildman–Crippen MR) is 67.9 cm³/mol. The molecule has 0 saturated heterocycles. The van der Waals surface area contributed by atoms with Crippen molar-refractivity contribution in [3.63, 3.8) is 0 Å². The second kappa shape index (κ2) is 4.76. The summed E-state index contributed by atoms with van der Waals surface area (Å²) >= 11 is 0. The van der Waals surface area contributed by atoms with Crippen LogP contribution in [0.2, 0.25) is 0 Å². The van der Waals surface area contributed by atoms with Gasteiger partial charge in [-0.05, 0) is 17.5 Å². The number of rotatable bonds is 2. The van der Waals surface area contributed by atoms with Crippen LogP contribution in [0.5, 0.6) is 0 Å². The van der Waals surface area contributed by atoms with E-state index in [0.717, 1.165) is 0 Å². The molecule has 18 heavy (non-hydrogen) atoms. The van der Waals surface area contributed by atoms with Gasteiger partial charge in [-0.2, -0.15) is 0 Å². The van der Waals surface area contributed by atoms with Gasteiger partial charge in [0.2, 0.25) is 0 Å². The Kier molecular flexibility index (Phi) is 3.16. The Hall–Kier alpha value is -2.54. The van der Waals surface area contributed by atoms with Gasteiger partial charge in [-0.15, -0.1) is 6.42 Å². The third-order valence-electron chi connectivity index (χ3n) is 2.57. The van der Waals surface area contributed by atoms with Crippen molar-refractivity contribution in [3.05, 3.63) is 46.4 Å². The molecule has 0 spiro atoms. The smallest absolute Gasteiger partial charge is 0.304 e. The van der Waals surface area contributed by atoms with Crippen LogP contribution in [0.1, 0.15) is 18.6 Å². The van der Waals surface area contributed by atoms with Crippen LogP contribution < -0.4 is 5.56 Å². The van der Waals surface area contributed by atoms with E-state index in [9.17, 15) is 9.59 Å². The van der Waals surface area contributed by atoms with Gasteiger partial charge in [0, 0.05) is 24.1 Å². The van der Waals surface area contributed by atoms with Crippen molar-refractivity contribution in [2.45, 2.75) is 13.0 Å². The first-order valence-electron chi connectivity index (χ1n) is 5.37. The third-order valence-corrected chi connectivity index (χ3v) is 2.57. The van der Waals surface area contributed by atoms with Gasteiger partial charge in [-0.3, -0.25) is 9.59 Å². The molecule has 1 N–H and O–H groups in total. The zero-order chi connectivity index (χ0) is 13.1. The fourth-order valence-electron chi connectivity index (χ4n) is 1.83. The minimum atomic E-state index is -0.784. The van der Waals surface area contributed by atoms with E-state index < -0.39 is 12.1 Å². The number of aromatic nitrogens is 1. The number of pyridine rings is 1. The SMILES string of the molecule is C#CC(OC(C)=O)c1cccc2c(=O)[nH]ccc12. The van der Waals surface area contributed by atoms with Gasteiger partial charge in [-0.25, -0.2) is 0 Å². The van der Waals surface area contributed by atoms with E-state index in [2.05, 4.69) is 10.9 Å². The third kappa shape index (κ3) is 2.11. The molecule has 1 aromatic heterocycles. The molecule has 2 aromatic rings. The summed E-state index contributed by atoms with van der Waals surface area (Å²) in [5.41, 5.74) is 0.434.